The molecule has 3 rings (SSSR count). The van der Waals surface area contributed by atoms with Crippen molar-refractivity contribution in [1.29, 1.82) is 0 Å². The molecule has 1 aromatic rings. The van der Waals surface area contributed by atoms with Gasteiger partial charge in [0.1, 0.15) is 0 Å². The van der Waals surface area contributed by atoms with Gasteiger partial charge in [-0.1, -0.05) is 23.8 Å². The molecule has 0 radical (unpaired) electrons. The summed E-state index contributed by atoms with van der Waals surface area (Å²) in [6.45, 7) is 1.20. The molecule has 19 heavy (non-hydrogen) atoms. The van der Waals surface area contributed by atoms with Gasteiger partial charge >= 0.3 is 5.92 Å². The van der Waals surface area contributed by atoms with Crippen LogP contribution in [0.4, 0.5) is 8.78 Å². The number of nitrogens with zero attached hydrogens (tertiary/aromatic N) is 1. The number of aryl methyl sites for hydroxylation is 2. The molecular formula is C14H16F2N2O. The summed E-state index contributed by atoms with van der Waals surface area (Å²) in [6, 6.07) is 5.54. The van der Waals surface area contributed by atoms with Crippen molar-refractivity contribution in [3.05, 3.63) is 34.9 Å². The number of benzene rings is 1. The van der Waals surface area contributed by atoms with Crippen LogP contribution in [0.2, 0.25) is 0 Å². The molecule has 0 bridgehead atoms. The molecule has 1 aliphatic carbocycles. The highest BCUT2D eigenvalue weighted by molar-refractivity contribution is 5.73. The van der Waals surface area contributed by atoms with E-state index in [1.165, 1.54) is 0 Å². The van der Waals surface area contributed by atoms with Crippen molar-refractivity contribution in [1.82, 2.24) is 0 Å². The number of hydrogen-bond acceptors (Lipinski definition) is 3. The van der Waals surface area contributed by atoms with Crippen LogP contribution in [-0.2, 0) is 16.7 Å². The number of aliphatic imine (C=N–C) groups is 1. The molecule has 0 saturated carbocycles. The second kappa shape index (κ2) is 3.92. The highest BCUT2D eigenvalue weighted by atomic mass is 19.3. The van der Waals surface area contributed by atoms with Crippen LogP contribution < -0.4 is 5.73 Å². The summed E-state index contributed by atoms with van der Waals surface area (Å²) < 4.78 is 33.6. The van der Waals surface area contributed by atoms with Gasteiger partial charge in [-0.25, -0.2) is 4.99 Å². The maximum Gasteiger partial charge on any atom is 0.310 e. The first kappa shape index (κ1) is 12.4. The minimum absolute atomic E-state index is 0.139. The Balaban J connectivity index is 2.25. The number of halogens is 2. The van der Waals surface area contributed by atoms with Crippen molar-refractivity contribution in [3.63, 3.8) is 0 Å². The molecule has 1 aromatic carbocycles. The lowest BCUT2D eigenvalue weighted by atomic mass is 9.72. The molecule has 1 atom stereocenters. The molecule has 5 heteroatoms. The van der Waals surface area contributed by atoms with Gasteiger partial charge in [-0.05, 0) is 37.3 Å². The van der Waals surface area contributed by atoms with Gasteiger partial charge < -0.3 is 10.5 Å². The van der Waals surface area contributed by atoms with Gasteiger partial charge in [-0.3, -0.25) is 0 Å². The second-order valence-corrected chi connectivity index (χ2v) is 5.32. The van der Waals surface area contributed by atoms with Crippen molar-refractivity contribution in [2.75, 3.05) is 6.61 Å². The fourth-order valence-corrected chi connectivity index (χ4v) is 3.04. The molecule has 102 valence electrons. The maximum absolute atomic E-state index is 14.4. The van der Waals surface area contributed by atoms with Crippen molar-refractivity contribution in [2.45, 2.75) is 37.6 Å². The summed E-state index contributed by atoms with van der Waals surface area (Å²) in [6.07, 6.45) is 1.80. The Hall–Kier alpha value is -1.65. The Morgan fingerprint density at radius 3 is 2.95 bits per heavy atom. The number of nitrogens with two attached hydrogens (primary N) is 1. The first-order valence-corrected chi connectivity index (χ1v) is 6.41. The van der Waals surface area contributed by atoms with E-state index in [9.17, 15) is 8.78 Å². The van der Waals surface area contributed by atoms with E-state index in [0.717, 1.165) is 17.5 Å². The Morgan fingerprint density at radius 2 is 2.16 bits per heavy atom. The molecule has 1 spiro atoms. The fraction of sp³-hybridized carbons (Fsp3) is 0.500. The van der Waals surface area contributed by atoms with Gasteiger partial charge in [0.15, 0.2) is 12.1 Å². The summed E-state index contributed by atoms with van der Waals surface area (Å²) in [7, 11) is 0. The normalized spacial score (nSPS) is 28.5. The van der Waals surface area contributed by atoms with Gasteiger partial charge in [0, 0.05) is 0 Å². The lowest BCUT2D eigenvalue weighted by molar-refractivity contribution is -0.127. The predicted octanol–water partition coefficient (Wildman–Crippen LogP) is 2.51. The van der Waals surface area contributed by atoms with Crippen LogP contribution in [0.25, 0.3) is 0 Å². The predicted molar refractivity (Wildman–Crippen MR) is 68.3 cm³/mol. The van der Waals surface area contributed by atoms with Crippen molar-refractivity contribution in [2.24, 2.45) is 10.7 Å². The Bertz CT molecular complexity index is 556. The van der Waals surface area contributed by atoms with Crippen LogP contribution in [0.5, 0.6) is 0 Å². The Morgan fingerprint density at radius 1 is 1.37 bits per heavy atom. The van der Waals surface area contributed by atoms with E-state index in [4.69, 9.17) is 10.5 Å². The first-order valence-electron chi connectivity index (χ1n) is 6.41. The van der Waals surface area contributed by atoms with Crippen LogP contribution >= 0.6 is 0 Å². The standard InChI is InChI=1S/C14H16F2N2O/c1-9-4-5-10-3-2-6-13(11(10)7-9)14(15,16)8-19-12(17)18-13/h4-5,7H,2-3,6,8H2,1H3,(H2,17,18)/t13-/m1/s1. The van der Waals surface area contributed by atoms with Crippen LogP contribution in [0.15, 0.2) is 23.2 Å². The highest BCUT2D eigenvalue weighted by Gasteiger charge is 2.59. The molecule has 2 N–H and O–H groups in total. The van der Waals surface area contributed by atoms with E-state index < -0.39 is 18.1 Å². The average Bonchev–Trinajstić information content (AvgIpc) is 2.36. The number of fused-ring (bicyclic) bond motifs is 2. The molecule has 0 amide bonds. The molecule has 0 unspecified atom stereocenters. The number of alkyl halides is 2. The molecule has 1 aliphatic heterocycles. The second-order valence-electron chi connectivity index (χ2n) is 5.32. The summed E-state index contributed by atoms with van der Waals surface area (Å²) >= 11 is 0. The lowest BCUT2D eigenvalue weighted by Gasteiger charge is -2.43. The van der Waals surface area contributed by atoms with Crippen LogP contribution in [0.1, 0.15) is 29.5 Å². The van der Waals surface area contributed by atoms with E-state index in [1.807, 2.05) is 25.1 Å². The highest BCUT2D eigenvalue weighted by Crippen LogP contribution is 2.50. The third-order valence-electron chi connectivity index (χ3n) is 4.00. The zero-order valence-corrected chi connectivity index (χ0v) is 10.7. The number of rotatable bonds is 0. The van der Waals surface area contributed by atoms with Gasteiger partial charge in [0.25, 0.3) is 6.02 Å². The molecule has 0 saturated heterocycles. The third kappa shape index (κ3) is 1.71. The molecule has 0 aromatic heterocycles. The fourth-order valence-electron chi connectivity index (χ4n) is 3.04. The smallest absolute Gasteiger partial charge is 0.310 e. The van der Waals surface area contributed by atoms with Crippen LogP contribution in [0, 0.1) is 6.92 Å². The average molecular weight is 266 g/mol. The topological polar surface area (TPSA) is 47.6 Å². The van der Waals surface area contributed by atoms with E-state index >= 15 is 0 Å². The lowest BCUT2D eigenvalue weighted by Crippen LogP contribution is -2.54. The number of hydrogen-bond donors (Lipinski definition) is 1. The number of ether oxygens (including phenoxy) is 1. The summed E-state index contributed by atoms with van der Waals surface area (Å²) in [5.74, 6) is -3.03. The van der Waals surface area contributed by atoms with E-state index in [0.29, 0.717) is 18.4 Å². The quantitative estimate of drug-likeness (QED) is 0.784. The SMILES string of the molecule is Cc1ccc2c(c1)[C@@]1(CCC2)N=C(N)OCC1(F)F. The van der Waals surface area contributed by atoms with Crippen molar-refractivity contribution >= 4 is 6.02 Å². The largest absolute Gasteiger partial charge is 0.459 e. The molecule has 0 fully saturated rings. The monoisotopic (exact) mass is 266 g/mol. The van der Waals surface area contributed by atoms with E-state index in [2.05, 4.69) is 4.99 Å². The van der Waals surface area contributed by atoms with Gasteiger partial charge in [0.2, 0.25) is 0 Å². The zero-order chi connectivity index (χ0) is 13.7. The Kier molecular flexibility index (Phi) is 2.56. The van der Waals surface area contributed by atoms with E-state index in [-0.39, 0.29) is 6.02 Å². The number of amidine groups is 1. The summed E-state index contributed by atoms with van der Waals surface area (Å²) in [4.78, 5) is 4.03. The molecule has 2 aliphatic rings. The zero-order valence-electron chi connectivity index (χ0n) is 10.7. The maximum atomic E-state index is 14.4. The van der Waals surface area contributed by atoms with E-state index in [1.54, 1.807) is 0 Å². The van der Waals surface area contributed by atoms with Crippen molar-refractivity contribution in [3.8, 4) is 0 Å². The van der Waals surface area contributed by atoms with Crippen molar-refractivity contribution < 1.29 is 13.5 Å². The van der Waals surface area contributed by atoms with Crippen LogP contribution in [-0.4, -0.2) is 18.6 Å². The third-order valence-corrected chi connectivity index (χ3v) is 4.00. The minimum atomic E-state index is -3.03. The molecule has 1 heterocycles. The van der Waals surface area contributed by atoms with Gasteiger partial charge in [-0.15, -0.1) is 0 Å². The Labute approximate surface area is 110 Å². The van der Waals surface area contributed by atoms with Crippen LogP contribution in [0.3, 0.4) is 0 Å². The van der Waals surface area contributed by atoms with Gasteiger partial charge in [-0.2, -0.15) is 8.78 Å². The van der Waals surface area contributed by atoms with Gasteiger partial charge in [0.05, 0.1) is 0 Å². The summed E-state index contributed by atoms with van der Waals surface area (Å²) in [5.41, 5.74) is 6.51. The first-order chi connectivity index (χ1) is 8.95. The molecular weight excluding hydrogens is 250 g/mol. The molecule has 3 nitrogen and oxygen atoms in total. The summed E-state index contributed by atoms with van der Waals surface area (Å²) in [5, 5.41) is 0. The minimum Gasteiger partial charge on any atom is -0.459 e.